The fourth-order valence-corrected chi connectivity index (χ4v) is 2.87. The Labute approximate surface area is 100.0 Å². The van der Waals surface area contributed by atoms with E-state index in [0.717, 1.165) is 12.0 Å². The van der Waals surface area contributed by atoms with E-state index in [4.69, 9.17) is 0 Å². The molecule has 0 saturated carbocycles. The van der Waals surface area contributed by atoms with Gasteiger partial charge in [0.2, 0.25) is 0 Å². The third kappa shape index (κ3) is 3.72. The van der Waals surface area contributed by atoms with Crippen LogP contribution in [-0.4, -0.2) is 50.2 Å². The maximum atomic E-state index is 3.74. The van der Waals surface area contributed by atoms with Crippen LogP contribution < -0.4 is 10.6 Å². The summed E-state index contributed by atoms with van der Waals surface area (Å²) >= 11 is 0. The quantitative estimate of drug-likeness (QED) is 0.749. The van der Waals surface area contributed by atoms with Crippen molar-refractivity contribution in [1.82, 2.24) is 15.5 Å². The van der Waals surface area contributed by atoms with Crippen molar-refractivity contribution < 1.29 is 0 Å². The molecule has 0 bridgehead atoms. The molecule has 94 valence electrons. The van der Waals surface area contributed by atoms with Crippen molar-refractivity contribution in [2.45, 2.75) is 38.6 Å². The fourth-order valence-electron chi connectivity index (χ4n) is 2.87. The van der Waals surface area contributed by atoms with Gasteiger partial charge < -0.3 is 15.5 Å². The van der Waals surface area contributed by atoms with E-state index in [1.165, 1.54) is 65.0 Å². The SMILES string of the molecule is CCN1CCC(CNC2CCCNC2)CC1. The average Bonchev–Trinajstić information content (AvgIpc) is 2.38. The standard InChI is InChI=1S/C13H27N3/c1-2-16-8-5-12(6-9-16)10-15-13-4-3-7-14-11-13/h12-15H,2-11H2,1H3. The lowest BCUT2D eigenvalue weighted by Gasteiger charge is -2.32. The van der Waals surface area contributed by atoms with Crippen molar-refractivity contribution in [2.24, 2.45) is 5.92 Å². The van der Waals surface area contributed by atoms with Crippen molar-refractivity contribution in [3.05, 3.63) is 0 Å². The van der Waals surface area contributed by atoms with Crippen LogP contribution in [0.25, 0.3) is 0 Å². The number of nitrogens with zero attached hydrogens (tertiary/aromatic N) is 1. The highest BCUT2D eigenvalue weighted by atomic mass is 15.1. The van der Waals surface area contributed by atoms with Gasteiger partial charge in [-0.3, -0.25) is 0 Å². The third-order valence-electron chi connectivity index (χ3n) is 4.15. The van der Waals surface area contributed by atoms with Crippen LogP contribution in [0.5, 0.6) is 0 Å². The molecule has 2 aliphatic heterocycles. The van der Waals surface area contributed by atoms with Gasteiger partial charge in [-0.05, 0) is 64.3 Å². The van der Waals surface area contributed by atoms with E-state index in [1.54, 1.807) is 0 Å². The van der Waals surface area contributed by atoms with Crippen LogP contribution in [0.15, 0.2) is 0 Å². The summed E-state index contributed by atoms with van der Waals surface area (Å²) in [5.41, 5.74) is 0. The lowest BCUT2D eigenvalue weighted by Crippen LogP contribution is -2.46. The molecule has 2 N–H and O–H groups in total. The molecule has 0 spiro atoms. The van der Waals surface area contributed by atoms with Crippen LogP contribution in [0.4, 0.5) is 0 Å². The van der Waals surface area contributed by atoms with E-state index < -0.39 is 0 Å². The van der Waals surface area contributed by atoms with Crippen LogP contribution in [0, 0.1) is 5.92 Å². The summed E-state index contributed by atoms with van der Waals surface area (Å²) in [6, 6.07) is 0.734. The first kappa shape index (κ1) is 12.3. The molecule has 3 heteroatoms. The van der Waals surface area contributed by atoms with Gasteiger partial charge in [-0.25, -0.2) is 0 Å². The number of hydrogen-bond donors (Lipinski definition) is 2. The second-order valence-corrected chi connectivity index (χ2v) is 5.33. The smallest absolute Gasteiger partial charge is 0.0193 e. The summed E-state index contributed by atoms with van der Waals surface area (Å²) in [5.74, 6) is 0.921. The Morgan fingerprint density at radius 2 is 2.06 bits per heavy atom. The Morgan fingerprint density at radius 3 is 2.69 bits per heavy atom. The highest BCUT2D eigenvalue weighted by molar-refractivity contribution is 4.78. The molecule has 2 fully saturated rings. The maximum Gasteiger partial charge on any atom is 0.0193 e. The van der Waals surface area contributed by atoms with Crippen molar-refractivity contribution in [3.63, 3.8) is 0 Å². The Hall–Kier alpha value is -0.120. The number of hydrogen-bond acceptors (Lipinski definition) is 3. The van der Waals surface area contributed by atoms with Gasteiger partial charge in [0.15, 0.2) is 0 Å². The van der Waals surface area contributed by atoms with Gasteiger partial charge in [0.25, 0.3) is 0 Å². The zero-order chi connectivity index (χ0) is 11.2. The zero-order valence-electron chi connectivity index (χ0n) is 10.7. The number of nitrogens with one attached hydrogen (secondary N) is 2. The lowest BCUT2D eigenvalue weighted by molar-refractivity contribution is 0.186. The van der Waals surface area contributed by atoms with Crippen LogP contribution in [-0.2, 0) is 0 Å². The normalized spacial score (nSPS) is 29.4. The molecule has 1 atom stereocenters. The summed E-state index contributed by atoms with van der Waals surface area (Å²) in [6.07, 6.45) is 5.48. The van der Waals surface area contributed by atoms with Gasteiger partial charge in [0.1, 0.15) is 0 Å². The Bertz CT molecular complexity index is 182. The first-order chi connectivity index (χ1) is 7.88. The maximum absolute atomic E-state index is 3.74. The molecule has 0 aromatic rings. The summed E-state index contributed by atoms with van der Waals surface area (Å²) in [6.45, 7) is 9.75. The van der Waals surface area contributed by atoms with Gasteiger partial charge >= 0.3 is 0 Å². The number of rotatable bonds is 4. The Morgan fingerprint density at radius 1 is 1.25 bits per heavy atom. The molecule has 2 aliphatic rings. The average molecular weight is 225 g/mol. The van der Waals surface area contributed by atoms with Crippen molar-refractivity contribution in [1.29, 1.82) is 0 Å². The predicted molar refractivity (Wildman–Crippen MR) is 68.7 cm³/mol. The van der Waals surface area contributed by atoms with Crippen LogP contribution in [0.1, 0.15) is 32.6 Å². The first-order valence-corrected chi connectivity index (χ1v) is 7.05. The molecule has 0 amide bonds. The predicted octanol–water partition coefficient (Wildman–Crippen LogP) is 1.06. The summed E-state index contributed by atoms with van der Waals surface area (Å²) < 4.78 is 0. The van der Waals surface area contributed by atoms with Gasteiger partial charge in [0, 0.05) is 12.6 Å². The van der Waals surface area contributed by atoms with Gasteiger partial charge in [-0.15, -0.1) is 0 Å². The van der Waals surface area contributed by atoms with E-state index in [9.17, 15) is 0 Å². The van der Waals surface area contributed by atoms with E-state index in [1.807, 2.05) is 0 Å². The summed E-state index contributed by atoms with van der Waals surface area (Å²) in [4.78, 5) is 2.57. The molecular formula is C13H27N3. The second-order valence-electron chi connectivity index (χ2n) is 5.33. The minimum Gasteiger partial charge on any atom is -0.315 e. The molecule has 16 heavy (non-hydrogen) atoms. The van der Waals surface area contributed by atoms with Crippen molar-refractivity contribution in [3.8, 4) is 0 Å². The number of likely N-dealkylation sites (tertiary alicyclic amines) is 1. The Balaban J connectivity index is 1.59. The minimum absolute atomic E-state index is 0.734. The molecule has 3 nitrogen and oxygen atoms in total. The lowest BCUT2D eigenvalue weighted by atomic mass is 9.96. The molecule has 0 aromatic carbocycles. The fraction of sp³-hybridized carbons (Fsp3) is 1.00. The molecular weight excluding hydrogens is 198 g/mol. The molecule has 1 unspecified atom stereocenters. The van der Waals surface area contributed by atoms with E-state index in [0.29, 0.717) is 0 Å². The second kappa shape index (κ2) is 6.58. The van der Waals surface area contributed by atoms with E-state index in [2.05, 4.69) is 22.5 Å². The van der Waals surface area contributed by atoms with Crippen LogP contribution >= 0.6 is 0 Å². The topological polar surface area (TPSA) is 27.3 Å². The van der Waals surface area contributed by atoms with E-state index in [-0.39, 0.29) is 0 Å². The van der Waals surface area contributed by atoms with Crippen LogP contribution in [0.2, 0.25) is 0 Å². The number of piperidine rings is 2. The van der Waals surface area contributed by atoms with Gasteiger partial charge in [-0.1, -0.05) is 6.92 Å². The van der Waals surface area contributed by atoms with Gasteiger partial charge in [0.05, 0.1) is 0 Å². The van der Waals surface area contributed by atoms with E-state index >= 15 is 0 Å². The highest BCUT2D eigenvalue weighted by Crippen LogP contribution is 2.16. The van der Waals surface area contributed by atoms with Crippen molar-refractivity contribution >= 4 is 0 Å². The monoisotopic (exact) mass is 225 g/mol. The summed E-state index contributed by atoms with van der Waals surface area (Å²) in [5, 5.41) is 7.21. The minimum atomic E-state index is 0.734. The van der Waals surface area contributed by atoms with Gasteiger partial charge in [-0.2, -0.15) is 0 Å². The molecule has 2 rings (SSSR count). The highest BCUT2D eigenvalue weighted by Gasteiger charge is 2.19. The summed E-state index contributed by atoms with van der Waals surface area (Å²) in [7, 11) is 0. The third-order valence-corrected chi connectivity index (χ3v) is 4.15. The first-order valence-electron chi connectivity index (χ1n) is 7.05. The molecule has 0 radical (unpaired) electrons. The molecule has 0 aromatic heterocycles. The largest absolute Gasteiger partial charge is 0.315 e. The van der Waals surface area contributed by atoms with Crippen LogP contribution in [0.3, 0.4) is 0 Å². The Kier molecular flexibility index (Phi) is 5.07. The molecule has 0 aliphatic carbocycles. The zero-order valence-corrected chi connectivity index (χ0v) is 10.7. The molecule has 2 heterocycles. The van der Waals surface area contributed by atoms with Crippen molar-refractivity contribution in [2.75, 3.05) is 39.3 Å². The molecule has 2 saturated heterocycles.